The third-order valence-corrected chi connectivity index (χ3v) is 11.4. The molecular weight excluding hydrogens is 363 g/mol. The number of hydrogen-bond donors (Lipinski definition) is 0. The van der Waals surface area contributed by atoms with Crippen LogP contribution in [0.3, 0.4) is 0 Å². The van der Waals surface area contributed by atoms with E-state index in [0.29, 0.717) is 0 Å². The van der Waals surface area contributed by atoms with Crippen molar-refractivity contribution in [2.75, 3.05) is 11.5 Å². The monoisotopic (exact) mass is 371 g/mol. The summed E-state index contributed by atoms with van der Waals surface area (Å²) in [4.78, 5) is 5.52. The normalized spacial score (nSPS) is 22.3. The Morgan fingerprint density at radius 1 is 0.900 bits per heavy atom. The van der Waals surface area contributed by atoms with Gasteiger partial charge >= 0.3 is 0 Å². The van der Waals surface area contributed by atoms with Crippen molar-refractivity contribution in [1.29, 1.82) is 0 Å². The second kappa shape index (κ2) is 6.30. The molecule has 1 aromatic heterocycles. The van der Waals surface area contributed by atoms with Crippen LogP contribution in [0.2, 0.25) is 0 Å². The topological polar surface area (TPSA) is 12.9 Å². The van der Waals surface area contributed by atoms with E-state index in [1.54, 1.807) is 0 Å². The number of rotatable bonds is 1. The van der Waals surface area contributed by atoms with E-state index in [1.807, 2.05) is 89.0 Å². The van der Waals surface area contributed by atoms with E-state index in [4.69, 9.17) is 0 Å². The van der Waals surface area contributed by atoms with E-state index in [-0.39, 0.29) is 0 Å². The number of pyridine rings is 1. The van der Waals surface area contributed by atoms with Crippen LogP contribution in [0.1, 0.15) is 5.56 Å². The molecule has 1 aromatic rings. The fourth-order valence-electron chi connectivity index (χ4n) is 1.78. The smallest absolute Gasteiger partial charge is 0.0717 e. The van der Waals surface area contributed by atoms with Gasteiger partial charge < -0.3 is 0 Å². The molecule has 0 radical (unpaired) electrons. The summed E-state index contributed by atoms with van der Waals surface area (Å²) >= 11 is 11.7. The van der Waals surface area contributed by atoms with Crippen molar-refractivity contribution in [3.8, 4) is 0 Å². The van der Waals surface area contributed by atoms with Crippen LogP contribution in [0.15, 0.2) is 46.9 Å². The van der Waals surface area contributed by atoms with E-state index in [2.05, 4.69) is 16.5 Å². The highest BCUT2D eigenvalue weighted by molar-refractivity contribution is 8.43. The number of hydrogen-bond acceptors (Lipinski definition) is 7. The highest BCUT2D eigenvalue weighted by Crippen LogP contribution is 2.64. The van der Waals surface area contributed by atoms with Crippen LogP contribution in [0.25, 0.3) is 4.91 Å². The molecule has 0 aliphatic carbocycles. The van der Waals surface area contributed by atoms with Gasteiger partial charge in [0.15, 0.2) is 0 Å². The lowest BCUT2D eigenvalue weighted by Gasteiger charge is -2.08. The van der Waals surface area contributed by atoms with E-state index in [0.717, 1.165) is 0 Å². The summed E-state index contributed by atoms with van der Waals surface area (Å²) in [6.07, 6.45) is 3.77. The Morgan fingerprint density at radius 2 is 1.70 bits per heavy atom. The second-order valence-electron chi connectivity index (χ2n) is 3.99. The maximum atomic E-state index is 4.21. The molecule has 0 N–H and O–H groups in total. The lowest BCUT2D eigenvalue weighted by molar-refractivity contribution is 1.32. The Bertz CT molecular complexity index is 614. The van der Waals surface area contributed by atoms with Gasteiger partial charge in [0.25, 0.3) is 0 Å². The van der Waals surface area contributed by atoms with Crippen molar-refractivity contribution in [2.45, 2.75) is 0 Å². The first kappa shape index (κ1) is 14.1. The van der Waals surface area contributed by atoms with Crippen molar-refractivity contribution < 1.29 is 0 Å². The van der Waals surface area contributed by atoms with Gasteiger partial charge in [0.1, 0.15) is 0 Å². The maximum Gasteiger partial charge on any atom is 0.0717 e. The number of aromatic nitrogens is 1. The predicted octanol–water partition coefficient (Wildman–Crippen LogP) is 6.07. The first-order valence-electron chi connectivity index (χ1n) is 5.95. The van der Waals surface area contributed by atoms with Gasteiger partial charge in [0, 0.05) is 34.4 Å². The lowest BCUT2D eigenvalue weighted by Crippen LogP contribution is -1.88. The molecule has 0 fully saturated rings. The molecule has 0 saturated heterocycles. The fourth-order valence-corrected chi connectivity index (χ4v) is 10.3. The average Bonchev–Trinajstić information content (AvgIpc) is 3.14. The number of thioether (sulfide) groups is 6. The van der Waals surface area contributed by atoms with Crippen molar-refractivity contribution in [3.63, 3.8) is 0 Å². The van der Waals surface area contributed by atoms with E-state index in [1.165, 1.54) is 38.9 Å². The van der Waals surface area contributed by atoms with Crippen molar-refractivity contribution in [1.82, 2.24) is 4.98 Å². The zero-order valence-corrected chi connectivity index (χ0v) is 15.1. The summed E-state index contributed by atoms with van der Waals surface area (Å²) in [5.41, 5.74) is 1.22. The third-order valence-electron chi connectivity index (χ3n) is 2.68. The fraction of sp³-hybridized carbons (Fsp3) is 0.154. The van der Waals surface area contributed by atoms with Gasteiger partial charge in [0.05, 0.1) is 16.9 Å². The summed E-state index contributed by atoms with van der Waals surface area (Å²) in [6, 6.07) is 4.13. The van der Waals surface area contributed by atoms with Crippen LogP contribution in [0, 0.1) is 0 Å². The van der Waals surface area contributed by atoms with Crippen molar-refractivity contribution in [3.05, 3.63) is 52.4 Å². The highest BCUT2D eigenvalue weighted by atomic mass is 32.3. The van der Waals surface area contributed by atoms with E-state index < -0.39 is 0 Å². The quantitative estimate of drug-likeness (QED) is 0.586. The molecule has 20 heavy (non-hydrogen) atoms. The Labute approximate surface area is 143 Å². The Balaban J connectivity index is 1.52. The minimum atomic E-state index is 1.22. The highest BCUT2D eigenvalue weighted by Gasteiger charge is 2.29. The molecule has 3 aliphatic rings. The van der Waals surface area contributed by atoms with Crippen LogP contribution in [-0.2, 0) is 0 Å². The molecule has 0 saturated carbocycles. The average molecular weight is 372 g/mol. The molecule has 0 aromatic carbocycles. The molecule has 4 heterocycles. The minimum Gasteiger partial charge on any atom is -0.264 e. The molecule has 0 unspecified atom stereocenters. The standard InChI is InChI=1S/C13H9NS6/c1-2-8(6-14-3-1)9-7-17-12(18-9)13-19-10-11(20-13)16-5-4-15-10/h1-3,6-7H,4-5H2. The summed E-state index contributed by atoms with van der Waals surface area (Å²) in [7, 11) is 0. The molecule has 0 spiro atoms. The van der Waals surface area contributed by atoms with E-state index in [9.17, 15) is 0 Å². The van der Waals surface area contributed by atoms with Crippen molar-refractivity contribution in [2.24, 2.45) is 0 Å². The van der Waals surface area contributed by atoms with Crippen LogP contribution >= 0.6 is 70.6 Å². The molecule has 7 heteroatoms. The van der Waals surface area contributed by atoms with E-state index >= 15 is 0 Å². The van der Waals surface area contributed by atoms with Gasteiger partial charge in [-0.3, -0.25) is 4.98 Å². The van der Waals surface area contributed by atoms with Crippen LogP contribution in [0.4, 0.5) is 0 Å². The molecule has 0 atom stereocenters. The zero-order valence-electron chi connectivity index (χ0n) is 10.2. The van der Waals surface area contributed by atoms with Gasteiger partial charge in [-0.25, -0.2) is 0 Å². The first-order chi connectivity index (χ1) is 9.90. The van der Waals surface area contributed by atoms with Crippen LogP contribution < -0.4 is 0 Å². The Hall–Kier alpha value is 0.470. The van der Waals surface area contributed by atoms with Crippen molar-refractivity contribution >= 4 is 75.5 Å². The molecule has 4 rings (SSSR count). The molecule has 1 nitrogen and oxygen atoms in total. The number of nitrogens with zero attached hydrogens (tertiary/aromatic N) is 1. The molecular formula is C13H9NS6. The molecule has 0 bridgehead atoms. The third kappa shape index (κ3) is 2.85. The molecule has 102 valence electrons. The summed E-state index contributed by atoms with van der Waals surface area (Å²) in [6.45, 7) is 0. The van der Waals surface area contributed by atoms with Crippen LogP contribution in [-0.4, -0.2) is 16.5 Å². The van der Waals surface area contributed by atoms with Gasteiger partial charge in [-0.2, -0.15) is 0 Å². The maximum absolute atomic E-state index is 4.21. The minimum absolute atomic E-state index is 1.22. The van der Waals surface area contributed by atoms with Gasteiger partial charge in [0.2, 0.25) is 0 Å². The second-order valence-corrected chi connectivity index (χ2v) is 11.2. The molecule has 3 aliphatic heterocycles. The SMILES string of the molecule is C1=C(c2cccnc2)SC(=C2SC3=C(SCCS3)S2)S1. The molecule has 0 amide bonds. The van der Waals surface area contributed by atoms with Crippen LogP contribution in [0.5, 0.6) is 0 Å². The lowest BCUT2D eigenvalue weighted by atomic mass is 10.3. The van der Waals surface area contributed by atoms with Gasteiger partial charge in [-0.1, -0.05) is 53.1 Å². The Morgan fingerprint density at radius 3 is 2.40 bits per heavy atom. The Kier molecular flexibility index (Phi) is 4.44. The largest absolute Gasteiger partial charge is 0.264 e. The summed E-state index contributed by atoms with van der Waals surface area (Å²) in [5, 5.41) is 2.25. The first-order valence-corrected chi connectivity index (χ1v) is 11.2. The zero-order chi connectivity index (χ0) is 13.4. The predicted molar refractivity (Wildman–Crippen MR) is 102 cm³/mol. The summed E-state index contributed by atoms with van der Waals surface area (Å²) < 4.78 is 5.92. The summed E-state index contributed by atoms with van der Waals surface area (Å²) in [5.74, 6) is 2.50. The van der Waals surface area contributed by atoms with Gasteiger partial charge in [-0.05, 0) is 11.5 Å². The van der Waals surface area contributed by atoms with Gasteiger partial charge in [-0.15, -0.1) is 23.5 Å².